The fourth-order valence-electron chi connectivity index (χ4n) is 2.60. The normalized spacial score (nSPS) is 16.0. The number of carbonyl (C=O) groups is 2. The fourth-order valence-corrected chi connectivity index (χ4v) is 2.60. The summed E-state index contributed by atoms with van der Waals surface area (Å²) in [6.45, 7) is 6.21. The predicted octanol–water partition coefficient (Wildman–Crippen LogP) is 3.17. The summed E-state index contributed by atoms with van der Waals surface area (Å²) < 4.78 is 10.5. The largest absolute Gasteiger partial charge is 0.491 e. The number of amides is 3. The lowest BCUT2D eigenvalue weighted by molar-refractivity contribution is 0.125. The van der Waals surface area contributed by atoms with E-state index in [4.69, 9.17) is 9.47 Å². The van der Waals surface area contributed by atoms with Gasteiger partial charge in [0.05, 0.1) is 13.2 Å². The van der Waals surface area contributed by atoms with Crippen LogP contribution in [0.15, 0.2) is 24.3 Å². The van der Waals surface area contributed by atoms with E-state index in [0.29, 0.717) is 31.9 Å². The molecule has 1 aromatic rings. The van der Waals surface area contributed by atoms with Crippen molar-refractivity contribution in [3.63, 3.8) is 0 Å². The van der Waals surface area contributed by atoms with E-state index in [0.717, 1.165) is 18.6 Å². The van der Waals surface area contributed by atoms with Gasteiger partial charge in [0, 0.05) is 37.9 Å². The summed E-state index contributed by atoms with van der Waals surface area (Å²) in [6.07, 6.45) is 1.42. The Kier molecular flexibility index (Phi) is 6.91. The summed E-state index contributed by atoms with van der Waals surface area (Å²) in [5, 5.41) is 2.90. The van der Waals surface area contributed by atoms with Crippen LogP contribution in [0.25, 0.3) is 0 Å². The summed E-state index contributed by atoms with van der Waals surface area (Å²) in [6, 6.07) is 7.21. The highest BCUT2D eigenvalue weighted by Gasteiger charge is 2.22. The lowest BCUT2D eigenvalue weighted by Crippen LogP contribution is -2.39. The van der Waals surface area contributed by atoms with Gasteiger partial charge in [0.2, 0.25) is 0 Å². The Labute approximate surface area is 148 Å². The molecule has 0 radical (unpaired) electrons. The van der Waals surface area contributed by atoms with E-state index in [1.54, 1.807) is 9.80 Å². The van der Waals surface area contributed by atoms with Crippen LogP contribution in [0.3, 0.4) is 0 Å². The number of urea groups is 1. The van der Waals surface area contributed by atoms with Crippen LogP contribution in [0, 0.1) is 0 Å². The number of hydrogen-bond acceptors (Lipinski definition) is 4. The van der Waals surface area contributed by atoms with Gasteiger partial charge in [-0.2, -0.15) is 0 Å². The average Bonchev–Trinajstić information content (AvgIpc) is 2.87. The van der Waals surface area contributed by atoms with Gasteiger partial charge in [0.15, 0.2) is 0 Å². The van der Waals surface area contributed by atoms with Crippen molar-refractivity contribution >= 4 is 17.8 Å². The molecule has 0 aromatic heterocycles. The first-order valence-corrected chi connectivity index (χ1v) is 8.69. The molecule has 7 heteroatoms. The van der Waals surface area contributed by atoms with Crippen molar-refractivity contribution in [2.24, 2.45) is 0 Å². The molecule has 0 bridgehead atoms. The third kappa shape index (κ3) is 5.55. The van der Waals surface area contributed by atoms with Crippen LogP contribution in [-0.4, -0.2) is 61.3 Å². The lowest BCUT2D eigenvalue weighted by Gasteiger charge is -2.22. The monoisotopic (exact) mass is 349 g/mol. The van der Waals surface area contributed by atoms with Gasteiger partial charge in [-0.3, -0.25) is 0 Å². The maximum atomic E-state index is 12.5. The molecule has 1 N–H and O–H groups in total. The van der Waals surface area contributed by atoms with Gasteiger partial charge in [-0.25, -0.2) is 9.59 Å². The smallest absolute Gasteiger partial charge is 0.409 e. The van der Waals surface area contributed by atoms with Crippen LogP contribution < -0.4 is 10.1 Å². The van der Waals surface area contributed by atoms with Crippen LogP contribution in [0.4, 0.5) is 15.3 Å². The van der Waals surface area contributed by atoms with Gasteiger partial charge in [0.1, 0.15) is 5.75 Å². The van der Waals surface area contributed by atoms with Gasteiger partial charge in [-0.1, -0.05) is 13.0 Å². The van der Waals surface area contributed by atoms with E-state index in [-0.39, 0.29) is 18.2 Å². The summed E-state index contributed by atoms with van der Waals surface area (Å²) in [7, 11) is 1.37. The zero-order valence-corrected chi connectivity index (χ0v) is 15.2. The number of rotatable bonds is 4. The minimum Gasteiger partial charge on any atom is -0.491 e. The number of carbonyl (C=O) groups excluding carboxylic acids is 2. The molecule has 3 amide bonds. The van der Waals surface area contributed by atoms with Crippen molar-refractivity contribution < 1.29 is 19.1 Å². The number of benzene rings is 1. The van der Waals surface area contributed by atoms with Gasteiger partial charge in [0.25, 0.3) is 0 Å². The fraction of sp³-hybridized carbons (Fsp3) is 0.556. The molecule has 0 aliphatic carbocycles. The molecule has 1 saturated heterocycles. The Hall–Kier alpha value is -2.44. The van der Waals surface area contributed by atoms with E-state index < -0.39 is 0 Å². The van der Waals surface area contributed by atoms with Crippen molar-refractivity contribution in [1.29, 1.82) is 0 Å². The molecule has 1 atom stereocenters. The molecule has 138 valence electrons. The second-order valence-electron chi connectivity index (χ2n) is 6.09. The summed E-state index contributed by atoms with van der Waals surface area (Å²) in [4.78, 5) is 27.4. The Bertz CT molecular complexity index is 593. The molecule has 1 aliphatic rings. The van der Waals surface area contributed by atoms with Crippen LogP contribution in [0.5, 0.6) is 5.75 Å². The maximum Gasteiger partial charge on any atom is 0.409 e. The Morgan fingerprint density at radius 3 is 2.64 bits per heavy atom. The highest BCUT2D eigenvalue weighted by atomic mass is 16.5. The lowest BCUT2D eigenvalue weighted by atomic mass is 10.2. The van der Waals surface area contributed by atoms with E-state index in [1.807, 2.05) is 31.2 Å². The minimum absolute atomic E-state index is 0.126. The second kappa shape index (κ2) is 9.15. The van der Waals surface area contributed by atoms with E-state index in [1.165, 1.54) is 7.11 Å². The molecule has 0 spiro atoms. The van der Waals surface area contributed by atoms with Crippen molar-refractivity contribution in [2.75, 3.05) is 38.6 Å². The molecule has 25 heavy (non-hydrogen) atoms. The molecule has 1 heterocycles. The Morgan fingerprint density at radius 2 is 1.92 bits per heavy atom. The third-order valence-corrected chi connectivity index (χ3v) is 4.21. The van der Waals surface area contributed by atoms with Gasteiger partial charge in [-0.15, -0.1) is 0 Å². The summed E-state index contributed by atoms with van der Waals surface area (Å²) >= 11 is 0. The highest BCUT2D eigenvalue weighted by molar-refractivity contribution is 5.89. The molecular weight excluding hydrogens is 322 g/mol. The zero-order valence-electron chi connectivity index (χ0n) is 15.2. The third-order valence-electron chi connectivity index (χ3n) is 4.21. The number of anilines is 1. The molecule has 7 nitrogen and oxygen atoms in total. The standard InChI is InChI=1S/C18H27N3O4/c1-4-14(2)25-16-8-5-7-15(13-16)19-17(22)20-9-6-10-21(12-11-20)18(23)24-3/h5,7-8,13-14H,4,6,9-12H2,1-3H3,(H,19,22)/t14-/m0/s1. The average molecular weight is 349 g/mol. The van der Waals surface area contributed by atoms with E-state index in [2.05, 4.69) is 12.2 Å². The Balaban J connectivity index is 1.93. The number of methoxy groups -OCH3 is 1. The molecule has 1 fully saturated rings. The first kappa shape index (κ1) is 18.9. The first-order chi connectivity index (χ1) is 12.0. The number of ether oxygens (including phenoxy) is 2. The van der Waals surface area contributed by atoms with E-state index in [9.17, 15) is 9.59 Å². The minimum atomic E-state index is -0.350. The van der Waals surface area contributed by atoms with Crippen molar-refractivity contribution in [3.8, 4) is 5.75 Å². The van der Waals surface area contributed by atoms with Crippen LogP contribution in [0.2, 0.25) is 0 Å². The number of hydrogen-bond donors (Lipinski definition) is 1. The van der Waals surface area contributed by atoms with Crippen LogP contribution in [0.1, 0.15) is 26.7 Å². The summed E-state index contributed by atoms with van der Waals surface area (Å²) in [5.74, 6) is 0.736. The van der Waals surface area contributed by atoms with Gasteiger partial charge in [-0.05, 0) is 31.9 Å². The van der Waals surface area contributed by atoms with Crippen molar-refractivity contribution in [1.82, 2.24) is 9.80 Å². The van der Waals surface area contributed by atoms with Gasteiger partial charge >= 0.3 is 12.1 Å². The number of nitrogens with zero attached hydrogens (tertiary/aromatic N) is 2. The topological polar surface area (TPSA) is 71.1 Å². The van der Waals surface area contributed by atoms with E-state index >= 15 is 0 Å². The quantitative estimate of drug-likeness (QED) is 0.906. The predicted molar refractivity (Wildman–Crippen MR) is 96.0 cm³/mol. The molecule has 1 aromatic carbocycles. The number of nitrogens with one attached hydrogen (secondary N) is 1. The summed E-state index contributed by atoms with van der Waals surface area (Å²) in [5.41, 5.74) is 0.694. The van der Waals surface area contributed by atoms with Crippen molar-refractivity contribution in [3.05, 3.63) is 24.3 Å². The maximum absolute atomic E-state index is 12.5. The Morgan fingerprint density at radius 1 is 1.20 bits per heavy atom. The molecule has 2 rings (SSSR count). The highest BCUT2D eigenvalue weighted by Crippen LogP contribution is 2.20. The van der Waals surface area contributed by atoms with Gasteiger partial charge < -0.3 is 24.6 Å². The molecule has 0 saturated carbocycles. The first-order valence-electron chi connectivity index (χ1n) is 8.69. The van der Waals surface area contributed by atoms with Crippen LogP contribution in [-0.2, 0) is 4.74 Å². The van der Waals surface area contributed by atoms with Crippen LogP contribution >= 0.6 is 0 Å². The second-order valence-corrected chi connectivity index (χ2v) is 6.09. The molecular formula is C18H27N3O4. The molecule has 0 unspecified atom stereocenters. The molecule has 1 aliphatic heterocycles. The SMILES string of the molecule is CC[C@H](C)Oc1cccc(NC(=O)N2CCCN(C(=O)OC)CC2)c1. The zero-order chi connectivity index (χ0) is 18.2. The van der Waals surface area contributed by atoms with Crippen molar-refractivity contribution in [2.45, 2.75) is 32.8 Å².